The molecule has 0 saturated heterocycles. The number of hydrazine groups is 1. The van der Waals surface area contributed by atoms with Crippen molar-refractivity contribution < 1.29 is 0 Å². The smallest absolute Gasteiger partial charge is 0.137 e. The summed E-state index contributed by atoms with van der Waals surface area (Å²) in [6, 6.07) is 26.1. The molecule has 4 aromatic rings. The molecule has 36 heavy (non-hydrogen) atoms. The van der Waals surface area contributed by atoms with Gasteiger partial charge in [0.15, 0.2) is 0 Å². The summed E-state index contributed by atoms with van der Waals surface area (Å²) in [5.41, 5.74) is 8.67. The van der Waals surface area contributed by atoms with E-state index in [1.165, 1.54) is 21.9 Å². The second-order valence-electron chi connectivity index (χ2n) is 8.99. The third-order valence-electron chi connectivity index (χ3n) is 6.64. The van der Waals surface area contributed by atoms with Crippen molar-refractivity contribution in [2.24, 2.45) is 5.10 Å². The first-order valence-corrected chi connectivity index (χ1v) is 13.1. The molecule has 2 aliphatic rings. The van der Waals surface area contributed by atoms with Gasteiger partial charge < -0.3 is 5.43 Å². The topological polar surface area (TPSA) is 30.9 Å². The molecule has 2 aliphatic heterocycles. The molecule has 0 amide bonds. The van der Waals surface area contributed by atoms with E-state index in [9.17, 15) is 0 Å². The minimum Gasteiger partial charge on any atom is -0.307 e. The summed E-state index contributed by atoms with van der Waals surface area (Å²) in [5, 5.41) is 13.4. The Morgan fingerprint density at radius 2 is 1.53 bits per heavy atom. The van der Waals surface area contributed by atoms with Gasteiger partial charge in [-0.3, -0.25) is 5.01 Å². The van der Waals surface area contributed by atoms with Crippen LogP contribution >= 0.6 is 47.0 Å². The first-order chi connectivity index (χ1) is 17.5. The second-order valence-corrected chi connectivity index (χ2v) is 10.7. The van der Waals surface area contributed by atoms with Gasteiger partial charge in [0.1, 0.15) is 4.99 Å². The van der Waals surface area contributed by atoms with E-state index in [2.05, 4.69) is 46.8 Å². The third-order valence-corrected chi connectivity index (χ3v) is 7.76. The monoisotopic (exact) mass is 550 g/mol. The van der Waals surface area contributed by atoms with E-state index in [0.717, 1.165) is 30.1 Å². The van der Waals surface area contributed by atoms with Crippen LogP contribution in [0.3, 0.4) is 0 Å². The summed E-state index contributed by atoms with van der Waals surface area (Å²) >= 11 is 24.8. The molecular weight excluding hydrogens is 531 g/mol. The van der Waals surface area contributed by atoms with Crippen LogP contribution < -0.4 is 10.4 Å². The van der Waals surface area contributed by atoms with Crippen LogP contribution in [0.1, 0.15) is 29.2 Å². The van der Waals surface area contributed by atoms with Crippen LogP contribution in [0.15, 0.2) is 84.0 Å². The molecular formula is C28H21Cl3N4S. The first-order valence-electron chi connectivity index (χ1n) is 11.6. The number of hydrazone groups is 1. The van der Waals surface area contributed by atoms with Gasteiger partial charge in [-0.25, -0.2) is 5.01 Å². The molecule has 4 nitrogen and oxygen atoms in total. The highest BCUT2D eigenvalue weighted by molar-refractivity contribution is 7.82. The Labute approximate surface area is 230 Å². The lowest BCUT2D eigenvalue weighted by Gasteiger charge is -2.30. The molecule has 0 saturated carbocycles. The van der Waals surface area contributed by atoms with Crippen LogP contribution in [0.25, 0.3) is 10.8 Å². The molecule has 0 bridgehead atoms. The molecule has 6 rings (SSSR count). The highest BCUT2D eigenvalue weighted by Crippen LogP contribution is 2.40. The van der Waals surface area contributed by atoms with E-state index in [1.54, 1.807) is 6.07 Å². The third kappa shape index (κ3) is 4.47. The number of halogens is 3. The SMILES string of the molecule is S=C(NN1Cc2cccc3cccc(c23)C1)C1=NN(c2ccc(Cl)cc2Cl)C(c2ccc(Cl)cc2)C1. The summed E-state index contributed by atoms with van der Waals surface area (Å²) in [6.45, 7) is 1.52. The molecule has 0 radical (unpaired) electrons. The Morgan fingerprint density at radius 3 is 2.19 bits per heavy atom. The Kier molecular flexibility index (Phi) is 6.36. The van der Waals surface area contributed by atoms with Crippen LogP contribution in [-0.2, 0) is 13.1 Å². The lowest BCUT2D eigenvalue weighted by atomic mass is 9.96. The molecule has 180 valence electrons. The zero-order chi connectivity index (χ0) is 24.8. The van der Waals surface area contributed by atoms with E-state index in [4.69, 9.17) is 52.1 Å². The predicted octanol–water partition coefficient (Wildman–Crippen LogP) is 7.96. The summed E-state index contributed by atoms with van der Waals surface area (Å²) in [4.78, 5) is 0.605. The normalized spacial score (nSPS) is 17.4. The molecule has 1 N–H and O–H groups in total. The van der Waals surface area contributed by atoms with Gasteiger partial charge in [0.05, 0.1) is 22.5 Å². The largest absolute Gasteiger partial charge is 0.307 e. The summed E-state index contributed by atoms with van der Waals surface area (Å²) in [6.07, 6.45) is 0.631. The van der Waals surface area contributed by atoms with Crippen molar-refractivity contribution in [2.75, 3.05) is 5.01 Å². The number of nitrogens with one attached hydrogen (secondary N) is 1. The zero-order valence-electron chi connectivity index (χ0n) is 19.1. The summed E-state index contributed by atoms with van der Waals surface area (Å²) in [7, 11) is 0. The number of anilines is 1. The van der Waals surface area contributed by atoms with Crippen molar-refractivity contribution in [1.29, 1.82) is 0 Å². The number of rotatable bonds is 4. The maximum Gasteiger partial charge on any atom is 0.137 e. The fraction of sp³-hybridized carbons (Fsp3) is 0.143. The van der Waals surface area contributed by atoms with Crippen LogP contribution in [0.4, 0.5) is 5.69 Å². The van der Waals surface area contributed by atoms with Gasteiger partial charge in [-0.2, -0.15) is 5.10 Å². The summed E-state index contributed by atoms with van der Waals surface area (Å²) in [5.74, 6) is 0. The molecule has 8 heteroatoms. The van der Waals surface area contributed by atoms with E-state index >= 15 is 0 Å². The highest BCUT2D eigenvalue weighted by Gasteiger charge is 2.33. The molecule has 0 aliphatic carbocycles. The second kappa shape index (κ2) is 9.66. The minimum absolute atomic E-state index is 0.0773. The van der Waals surface area contributed by atoms with Crippen LogP contribution in [0, 0.1) is 0 Å². The van der Waals surface area contributed by atoms with Gasteiger partial charge in [-0.15, -0.1) is 0 Å². The quantitative estimate of drug-likeness (QED) is 0.261. The average molecular weight is 552 g/mol. The molecule has 4 aromatic carbocycles. The van der Waals surface area contributed by atoms with Gasteiger partial charge in [0.25, 0.3) is 0 Å². The maximum atomic E-state index is 6.58. The van der Waals surface area contributed by atoms with E-state index in [1.807, 2.05) is 41.4 Å². The van der Waals surface area contributed by atoms with Gasteiger partial charge >= 0.3 is 0 Å². The lowest BCUT2D eigenvalue weighted by Crippen LogP contribution is -2.44. The van der Waals surface area contributed by atoms with E-state index in [-0.39, 0.29) is 6.04 Å². The Balaban J connectivity index is 1.28. The summed E-state index contributed by atoms with van der Waals surface area (Å²) < 4.78 is 0. The molecule has 1 atom stereocenters. The van der Waals surface area contributed by atoms with Crippen molar-refractivity contribution in [1.82, 2.24) is 10.4 Å². The molecule has 2 heterocycles. The fourth-order valence-electron chi connectivity index (χ4n) is 5.00. The number of hydrogen-bond donors (Lipinski definition) is 1. The fourth-order valence-corrected chi connectivity index (χ4v) is 5.88. The Hall–Kier alpha value is -2.67. The molecule has 0 fully saturated rings. The van der Waals surface area contributed by atoms with Crippen LogP contribution in [0.2, 0.25) is 15.1 Å². The lowest BCUT2D eigenvalue weighted by molar-refractivity contribution is 0.215. The van der Waals surface area contributed by atoms with E-state index in [0.29, 0.717) is 26.5 Å². The van der Waals surface area contributed by atoms with Crippen molar-refractivity contribution in [3.05, 3.63) is 111 Å². The van der Waals surface area contributed by atoms with Crippen LogP contribution in [-0.4, -0.2) is 15.7 Å². The van der Waals surface area contributed by atoms with Crippen molar-refractivity contribution >= 4 is 74.2 Å². The van der Waals surface area contributed by atoms with Crippen LogP contribution in [0.5, 0.6) is 0 Å². The molecule has 0 aromatic heterocycles. The highest BCUT2D eigenvalue weighted by atomic mass is 35.5. The van der Waals surface area contributed by atoms with Gasteiger partial charge in [-0.1, -0.05) is 95.6 Å². The standard InChI is InChI=1S/C28H21Cl3N4S/c29-21-9-7-17(8-10-21)26-14-24(32-35(26)25-12-11-22(30)13-23(25)31)28(36)33-34-15-19-5-1-3-18-4-2-6-20(16-34)27(18)19/h1-13,26H,14-16H2,(H,33,36). The average Bonchev–Trinajstić information content (AvgIpc) is 3.30. The van der Waals surface area contributed by atoms with Crippen molar-refractivity contribution in [2.45, 2.75) is 25.6 Å². The van der Waals surface area contributed by atoms with Crippen molar-refractivity contribution in [3.63, 3.8) is 0 Å². The Morgan fingerprint density at radius 1 is 0.861 bits per heavy atom. The number of thiocarbonyl (C=S) groups is 1. The van der Waals surface area contributed by atoms with Gasteiger partial charge in [-0.05, 0) is 57.8 Å². The van der Waals surface area contributed by atoms with Gasteiger partial charge in [0.2, 0.25) is 0 Å². The zero-order valence-corrected chi connectivity index (χ0v) is 22.2. The van der Waals surface area contributed by atoms with E-state index < -0.39 is 0 Å². The number of benzene rings is 4. The molecule has 1 unspecified atom stereocenters. The molecule has 0 spiro atoms. The first kappa shape index (κ1) is 23.7. The maximum absolute atomic E-state index is 6.58. The minimum atomic E-state index is -0.0773. The number of hydrogen-bond acceptors (Lipinski definition) is 4. The van der Waals surface area contributed by atoms with Crippen molar-refractivity contribution in [3.8, 4) is 0 Å². The van der Waals surface area contributed by atoms with Gasteiger partial charge in [0, 0.05) is 29.6 Å². The number of nitrogens with zero attached hydrogens (tertiary/aromatic N) is 3. The Bertz CT molecular complexity index is 1480. The predicted molar refractivity (Wildman–Crippen MR) is 154 cm³/mol.